The third kappa shape index (κ3) is 7.78. The third-order valence-electron chi connectivity index (χ3n) is 5.69. The molecule has 7 nitrogen and oxygen atoms in total. The van der Waals surface area contributed by atoms with Crippen molar-refractivity contribution in [2.24, 2.45) is 0 Å². The molecule has 0 amide bonds. The average Bonchev–Trinajstić information content (AvgIpc) is 2.84. The molecule has 0 unspecified atom stereocenters. The van der Waals surface area contributed by atoms with Gasteiger partial charge in [-0.3, -0.25) is 0 Å². The Morgan fingerprint density at radius 2 is 1.71 bits per heavy atom. The van der Waals surface area contributed by atoms with E-state index in [1.807, 2.05) is 0 Å². The maximum absolute atomic E-state index is 12.4. The number of hydrogen-bond acceptors (Lipinski definition) is 7. The molecule has 0 bridgehead atoms. The molecule has 0 atom stereocenters. The first-order valence-corrected chi connectivity index (χ1v) is 11.5. The molecule has 34 heavy (non-hydrogen) atoms. The Bertz CT molecular complexity index is 1010. The summed E-state index contributed by atoms with van der Waals surface area (Å²) in [6.45, 7) is 4.40. The van der Waals surface area contributed by atoms with E-state index in [2.05, 4.69) is 6.58 Å². The topological polar surface area (TPSA) is 114 Å². The number of ether oxygens (including phenoxy) is 3. The summed E-state index contributed by atoms with van der Waals surface area (Å²) in [6.07, 6.45) is 8.66. The smallest absolute Gasteiger partial charge is 0.338 e. The van der Waals surface area contributed by atoms with E-state index < -0.39 is 5.97 Å². The van der Waals surface area contributed by atoms with Crippen LogP contribution in [0, 0.1) is 0 Å². The standard InChI is InChI=1S/C27H32N2O5/c1-2-16-32-23-9-11-24(12-10-23)34-27(31)20-6-3-19(4-7-20)5-14-26(30)33-17-15-21-18-22(28)8-13-25(21)29/h2-8,13-14,18,23-24H,1,9-12,15-17,28-29H2. The van der Waals surface area contributed by atoms with E-state index in [0.29, 0.717) is 30.0 Å². The van der Waals surface area contributed by atoms with Crippen molar-refractivity contribution in [2.45, 2.75) is 44.3 Å². The number of hydrogen-bond donors (Lipinski definition) is 2. The number of carbonyl (C=O) groups is 2. The highest BCUT2D eigenvalue weighted by Gasteiger charge is 2.24. The van der Waals surface area contributed by atoms with Crippen molar-refractivity contribution in [1.82, 2.24) is 0 Å². The molecular formula is C27H32N2O5. The molecule has 0 aromatic heterocycles. The summed E-state index contributed by atoms with van der Waals surface area (Å²) in [5, 5.41) is 0. The highest BCUT2D eigenvalue weighted by molar-refractivity contribution is 5.90. The van der Waals surface area contributed by atoms with Gasteiger partial charge in [-0.05, 0) is 73.2 Å². The predicted molar refractivity (Wildman–Crippen MR) is 133 cm³/mol. The van der Waals surface area contributed by atoms with Gasteiger partial charge in [-0.15, -0.1) is 6.58 Å². The molecule has 0 spiro atoms. The van der Waals surface area contributed by atoms with Gasteiger partial charge in [-0.2, -0.15) is 0 Å². The predicted octanol–water partition coefficient (Wildman–Crippen LogP) is 4.32. The summed E-state index contributed by atoms with van der Waals surface area (Å²) in [5.74, 6) is -0.801. The van der Waals surface area contributed by atoms with Gasteiger partial charge in [-0.25, -0.2) is 9.59 Å². The number of rotatable bonds is 10. The van der Waals surface area contributed by atoms with Crippen LogP contribution in [-0.4, -0.2) is 37.4 Å². The van der Waals surface area contributed by atoms with E-state index in [4.69, 9.17) is 25.7 Å². The van der Waals surface area contributed by atoms with Crippen molar-refractivity contribution < 1.29 is 23.8 Å². The molecule has 0 aliphatic heterocycles. The minimum atomic E-state index is -0.460. The van der Waals surface area contributed by atoms with Gasteiger partial charge < -0.3 is 25.7 Å². The van der Waals surface area contributed by atoms with Crippen molar-refractivity contribution in [3.05, 3.63) is 77.9 Å². The SMILES string of the molecule is C=CCOC1CCC(OC(=O)c2ccc(C=CC(=O)OCCc3cc(N)ccc3N)cc2)CC1. The second-order valence-corrected chi connectivity index (χ2v) is 8.26. The number of esters is 2. The van der Waals surface area contributed by atoms with Crippen LogP contribution in [0.1, 0.15) is 47.2 Å². The molecule has 0 radical (unpaired) electrons. The number of nitrogen functional groups attached to an aromatic ring is 2. The second kappa shape index (κ2) is 12.6. The van der Waals surface area contributed by atoms with E-state index in [0.717, 1.165) is 36.8 Å². The fraction of sp³-hybridized carbons (Fsp3) is 0.333. The van der Waals surface area contributed by atoms with E-state index >= 15 is 0 Å². The molecule has 1 fully saturated rings. The van der Waals surface area contributed by atoms with Crippen molar-refractivity contribution >= 4 is 29.4 Å². The maximum atomic E-state index is 12.4. The van der Waals surface area contributed by atoms with Crippen molar-refractivity contribution in [1.29, 1.82) is 0 Å². The van der Waals surface area contributed by atoms with Crippen LogP contribution in [0.15, 0.2) is 61.2 Å². The number of nitrogens with two attached hydrogens (primary N) is 2. The molecule has 3 rings (SSSR count). The average molecular weight is 465 g/mol. The lowest BCUT2D eigenvalue weighted by Gasteiger charge is -2.28. The summed E-state index contributed by atoms with van der Waals surface area (Å²) < 4.78 is 16.5. The lowest BCUT2D eigenvalue weighted by molar-refractivity contribution is -0.137. The second-order valence-electron chi connectivity index (χ2n) is 8.26. The van der Waals surface area contributed by atoms with Crippen LogP contribution in [0.5, 0.6) is 0 Å². The molecule has 1 aliphatic rings. The van der Waals surface area contributed by atoms with Crippen LogP contribution in [0.3, 0.4) is 0 Å². The third-order valence-corrected chi connectivity index (χ3v) is 5.69. The van der Waals surface area contributed by atoms with Crippen LogP contribution in [0.25, 0.3) is 6.08 Å². The van der Waals surface area contributed by atoms with Gasteiger partial charge in [0.1, 0.15) is 6.10 Å². The summed E-state index contributed by atoms with van der Waals surface area (Å²) in [5.41, 5.74) is 15.0. The molecule has 2 aromatic carbocycles. The number of anilines is 2. The highest BCUT2D eigenvalue weighted by Crippen LogP contribution is 2.24. The first-order chi connectivity index (χ1) is 16.4. The fourth-order valence-corrected chi connectivity index (χ4v) is 3.79. The van der Waals surface area contributed by atoms with Crippen LogP contribution < -0.4 is 11.5 Å². The van der Waals surface area contributed by atoms with Gasteiger partial charge in [0.2, 0.25) is 0 Å². The zero-order valence-corrected chi connectivity index (χ0v) is 19.3. The van der Waals surface area contributed by atoms with Gasteiger partial charge in [0.05, 0.1) is 24.9 Å². The monoisotopic (exact) mass is 464 g/mol. The van der Waals surface area contributed by atoms with Gasteiger partial charge in [0.15, 0.2) is 0 Å². The first-order valence-electron chi connectivity index (χ1n) is 11.5. The molecule has 1 saturated carbocycles. The van der Waals surface area contributed by atoms with Gasteiger partial charge >= 0.3 is 11.9 Å². The summed E-state index contributed by atoms with van der Waals surface area (Å²) in [6, 6.07) is 12.1. The zero-order chi connectivity index (χ0) is 24.3. The Morgan fingerprint density at radius 1 is 1.00 bits per heavy atom. The number of carbonyl (C=O) groups excluding carboxylic acids is 2. The van der Waals surface area contributed by atoms with Crippen LogP contribution in [0.4, 0.5) is 11.4 Å². The lowest BCUT2D eigenvalue weighted by Crippen LogP contribution is -2.28. The van der Waals surface area contributed by atoms with Gasteiger partial charge in [0, 0.05) is 23.9 Å². The highest BCUT2D eigenvalue weighted by atomic mass is 16.5. The van der Waals surface area contributed by atoms with Crippen molar-refractivity contribution in [3.8, 4) is 0 Å². The fourth-order valence-electron chi connectivity index (χ4n) is 3.79. The minimum Gasteiger partial charge on any atom is -0.462 e. The van der Waals surface area contributed by atoms with Gasteiger partial charge in [-0.1, -0.05) is 18.2 Å². The molecule has 180 valence electrons. The zero-order valence-electron chi connectivity index (χ0n) is 19.3. The minimum absolute atomic E-state index is 0.0897. The molecule has 2 aromatic rings. The first kappa shape index (κ1) is 25.1. The Morgan fingerprint density at radius 3 is 2.41 bits per heavy atom. The molecule has 0 saturated heterocycles. The largest absolute Gasteiger partial charge is 0.462 e. The Hall–Kier alpha value is -3.58. The summed E-state index contributed by atoms with van der Waals surface area (Å²) in [7, 11) is 0. The van der Waals surface area contributed by atoms with Gasteiger partial charge in [0.25, 0.3) is 0 Å². The summed E-state index contributed by atoms with van der Waals surface area (Å²) >= 11 is 0. The number of benzene rings is 2. The van der Waals surface area contributed by atoms with E-state index in [9.17, 15) is 9.59 Å². The van der Waals surface area contributed by atoms with Crippen LogP contribution in [0.2, 0.25) is 0 Å². The lowest BCUT2D eigenvalue weighted by atomic mass is 9.95. The Balaban J connectivity index is 1.41. The molecule has 0 heterocycles. The van der Waals surface area contributed by atoms with E-state index in [1.165, 1.54) is 6.08 Å². The van der Waals surface area contributed by atoms with Crippen molar-refractivity contribution in [2.75, 3.05) is 24.7 Å². The maximum Gasteiger partial charge on any atom is 0.338 e. The molecule has 4 N–H and O–H groups in total. The van der Waals surface area contributed by atoms with Crippen LogP contribution >= 0.6 is 0 Å². The quantitative estimate of drug-likeness (QED) is 0.233. The summed E-state index contributed by atoms with van der Waals surface area (Å²) in [4.78, 5) is 24.4. The molecule has 1 aliphatic carbocycles. The normalized spacial score (nSPS) is 17.9. The Kier molecular flexibility index (Phi) is 9.29. The van der Waals surface area contributed by atoms with Crippen LogP contribution in [-0.2, 0) is 25.4 Å². The molecular weight excluding hydrogens is 432 g/mol. The molecule has 7 heteroatoms. The van der Waals surface area contributed by atoms with Crippen molar-refractivity contribution in [3.63, 3.8) is 0 Å². The Labute approximate surface area is 200 Å². The van der Waals surface area contributed by atoms with E-state index in [-0.39, 0.29) is 24.8 Å². The van der Waals surface area contributed by atoms with E-state index in [1.54, 1.807) is 54.6 Å².